The summed E-state index contributed by atoms with van der Waals surface area (Å²) in [5.74, 6) is -0.130. The number of pyridine rings is 1. The van der Waals surface area contributed by atoms with Gasteiger partial charge in [-0.05, 0) is 89.7 Å². The van der Waals surface area contributed by atoms with Crippen LogP contribution in [0.15, 0.2) is 40.2 Å². The summed E-state index contributed by atoms with van der Waals surface area (Å²) in [5, 5.41) is 14.5. The van der Waals surface area contributed by atoms with Crippen LogP contribution < -0.4 is 10.1 Å². The molecule has 2 saturated carbocycles. The van der Waals surface area contributed by atoms with Gasteiger partial charge in [-0.1, -0.05) is 58.9 Å². The number of benzene rings is 1. The molecule has 2 N–H and O–H groups in total. The van der Waals surface area contributed by atoms with Crippen LogP contribution in [-0.2, 0) is 17.6 Å². The minimum atomic E-state index is -1.06. The van der Waals surface area contributed by atoms with Gasteiger partial charge in [0.15, 0.2) is 0 Å². The summed E-state index contributed by atoms with van der Waals surface area (Å²) >= 11 is 4.89. The van der Waals surface area contributed by atoms with Crippen molar-refractivity contribution in [1.82, 2.24) is 10.3 Å². The number of hydrogen-bond donors (Lipinski definition) is 2. The Morgan fingerprint density at radius 2 is 1.83 bits per heavy atom. The molecule has 1 atom stereocenters. The number of nitrogens with zero attached hydrogens (tertiary/aromatic N) is 1. The van der Waals surface area contributed by atoms with E-state index >= 15 is 0 Å². The highest BCUT2D eigenvalue weighted by Crippen LogP contribution is 2.45. The zero-order valence-electron chi connectivity index (χ0n) is 24.3. The molecule has 0 aliphatic heterocycles. The molecule has 0 spiro atoms. The highest BCUT2D eigenvalue weighted by atomic mass is 79.9. The van der Waals surface area contributed by atoms with E-state index in [4.69, 9.17) is 9.72 Å². The molecule has 0 bridgehead atoms. The number of carboxylic acid groups (broad SMARTS) is 1. The molecule has 41 heavy (non-hydrogen) atoms. The van der Waals surface area contributed by atoms with Crippen molar-refractivity contribution in [2.45, 2.75) is 103 Å². The van der Waals surface area contributed by atoms with Crippen molar-refractivity contribution in [2.24, 2.45) is 11.3 Å². The lowest BCUT2D eigenvalue weighted by Crippen LogP contribution is -2.49. The van der Waals surface area contributed by atoms with E-state index in [0.717, 1.165) is 50.1 Å². The lowest BCUT2D eigenvalue weighted by molar-refractivity contribution is -0.139. The molecule has 3 aromatic rings. The van der Waals surface area contributed by atoms with Crippen molar-refractivity contribution >= 4 is 49.9 Å². The predicted molar refractivity (Wildman–Crippen MR) is 168 cm³/mol. The van der Waals surface area contributed by atoms with E-state index in [2.05, 4.69) is 48.1 Å². The van der Waals surface area contributed by atoms with Crippen LogP contribution in [0.2, 0.25) is 0 Å². The minimum absolute atomic E-state index is 0.00905. The first-order valence-electron chi connectivity index (χ1n) is 14.9. The maximum atomic E-state index is 13.4. The van der Waals surface area contributed by atoms with Gasteiger partial charge in [-0.25, -0.2) is 9.78 Å². The van der Waals surface area contributed by atoms with E-state index in [-0.39, 0.29) is 23.1 Å². The monoisotopic (exact) mass is 640 g/mol. The minimum Gasteiger partial charge on any atom is -0.487 e. The van der Waals surface area contributed by atoms with Crippen LogP contribution in [-0.4, -0.2) is 33.6 Å². The molecule has 2 heterocycles. The molecule has 0 radical (unpaired) electrons. The Labute approximate surface area is 255 Å². The van der Waals surface area contributed by atoms with Crippen molar-refractivity contribution < 1.29 is 19.4 Å². The fourth-order valence-electron chi connectivity index (χ4n) is 6.57. The van der Waals surface area contributed by atoms with Gasteiger partial charge in [0.05, 0.1) is 3.79 Å². The van der Waals surface area contributed by atoms with Crippen molar-refractivity contribution in [3.63, 3.8) is 0 Å². The number of nitrogens with one attached hydrogen (secondary N) is 1. The molecule has 0 saturated heterocycles. The average Bonchev–Trinajstić information content (AvgIpc) is 3.59. The van der Waals surface area contributed by atoms with Crippen molar-refractivity contribution in [1.29, 1.82) is 0 Å². The Kier molecular flexibility index (Phi) is 9.10. The summed E-state index contributed by atoms with van der Waals surface area (Å²) in [5.41, 5.74) is 0.959. The number of amides is 1. The second-order valence-corrected chi connectivity index (χ2v) is 15.4. The van der Waals surface area contributed by atoms with Gasteiger partial charge in [-0.2, -0.15) is 0 Å². The molecule has 5 rings (SSSR count). The lowest BCUT2D eigenvalue weighted by atomic mass is 9.68. The molecular weight excluding hydrogens is 600 g/mol. The van der Waals surface area contributed by atoms with Crippen LogP contribution in [0.4, 0.5) is 0 Å². The van der Waals surface area contributed by atoms with Crippen LogP contribution in [0.1, 0.15) is 99.6 Å². The second-order valence-electron chi connectivity index (χ2n) is 12.9. The Hall–Kier alpha value is -2.45. The molecule has 8 heteroatoms. The maximum Gasteiger partial charge on any atom is 0.326 e. The number of ether oxygens (including phenoxy) is 1. The van der Waals surface area contributed by atoms with E-state index < -0.39 is 17.9 Å². The summed E-state index contributed by atoms with van der Waals surface area (Å²) < 4.78 is 7.81. The van der Waals surface area contributed by atoms with Gasteiger partial charge in [-0.3, -0.25) is 4.79 Å². The Balaban J connectivity index is 1.46. The number of hydrogen-bond acceptors (Lipinski definition) is 5. The Morgan fingerprint density at radius 3 is 2.46 bits per heavy atom. The number of halogens is 1. The number of rotatable bonds is 9. The van der Waals surface area contributed by atoms with E-state index in [0.29, 0.717) is 5.92 Å². The van der Waals surface area contributed by atoms with Crippen LogP contribution in [0.3, 0.4) is 0 Å². The number of carbonyl (C=O) groups is 2. The normalized spacial score (nSPS) is 18.3. The maximum absolute atomic E-state index is 13.4. The number of carboxylic acids is 1. The first-order valence-corrected chi connectivity index (χ1v) is 16.5. The average molecular weight is 642 g/mol. The first kappa shape index (κ1) is 30.0. The standard InChI is InChI=1S/C33H41BrN2O4S/c1-32(2,3)33(15-7-4-8-16-33)40-23-12-11-22-18-27(35-26(25(22)19-23)17-21-9-5-6-10-21)30(37)36-28(31(38)39)20-24-13-14-29(34)41-24/h11-14,18-19,21,28H,4-10,15-17,20H2,1-3H3,(H,36,37)(H,38,39)/t28-/m0/s1. The number of carbonyl (C=O) groups excluding carboxylic acids is 1. The number of aromatic nitrogens is 1. The first-order chi connectivity index (χ1) is 19.5. The highest BCUT2D eigenvalue weighted by molar-refractivity contribution is 9.11. The van der Waals surface area contributed by atoms with E-state index in [1.807, 2.05) is 24.3 Å². The molecule has 1 amide bonds. The molecule has 220 valence electrons. The van der Waals surface area contributed by atoms with Crippen molar-refractivity contribution in [3.8, 4) is 5.75 Å². The number of thiophene rings is 1. The van der Waals surface area contributed by atoms with Crippen LogP contribution >= 0.6 is 27.3 Å². The number of fused-ring (bicyclic) bond motifs is 1. The van der Waals surface area contributed by atoms with Crippen molar-refractivity contribution in [2.75, 3.05) is 0 Å². The van der Waals surface area contributed by atoms with Gasteiger partial charge in [-0.15, -0.1) is 11.3 Å². The fraction of sp³-hybridized carbons (Fsp3) is 0.545. The topological polar surface area (TPSA) is 88.5 Å². The summed E-state index contributed by atoms with van der Waals surface area (Å²) in [6.07, 6.45) is 11.5. The molecule has 2 fully saturated rings. The molecule has 2 aliphatic carbocycles. The van der Waals surface area contributed by atoms with Gasteiger partial charge in [0.25, 0.3) is 5.91 Å². The molecule has 1 aromatic carbocycles. The third-order valence-electron chi connectivity index (χ3n) is 9.05. The van der Waals surface area contributed by atoms with Crippen LogP contribution in [0.25, 0.3) is 10.8 Å². The van der Waals surface area contributed by atoms with E-state index in [1.54, 1.807) is 6.07 Å². The molecule has 6 nitrogen and oxygen atoms in total. The van der Waals surface area contributed by atoms with Crippen LogP contribution in [0.5, 0.6) is 5.75 Å². The zero-order valence-corrected chi connectivity index (χ0v) is 26.7. The second kappa shape index (κ2) is 12.4. The van der Waals surface area contributed by atoms with Crippen LogP contribution in [0, 0.1) is 11.3 Å². The van der Waals surface area contributed by atoms with Gasteiger partial charge in [0.2, 0.25) is 0 Å². The fourth-order valence-corrected chi connectivity index (χ4v) is 8.10. The van der Waals surface area contributed by atoms with Gasteiger partial charge >= 0.3 is 5.97 Å². The van der Waals surface area contributed by atoms with Crippen molar-refractivity contribution in [3.05, 3.63) is 56.4 Å². The third kappa shape index (κ3) is 6.96. The largest absolute Gasteiger partial charge is 0.487 e. The summed E-state index contributed by atoms with van der Waals surface area (Å²) in [6.45, 7) is 6.83. The van der Waals surface area contributed by atoms with E-state index in [1.165, 1.54) is 56.3 Å². The Morgan fingerprint density at radius 1 is 1.10 bits per heavy atom. The molecule has 2 aromatic heterocycles. The quantitative estimate of drug-likeness (QED) is 0.245. The predicted octanol–water partition coefficient (Wildman–Crippen LogP) is 8.35. The molecular formula is C33H41BrN2O4S. The molecule has 2 aliphatic rings. The third-order valence-corrected chi connectivity index (χ3v) is 10.7. The van der Waals surface area contributed by atoms with Gasteiger partial charge in [0.1, 0.15) is 23.1 Å². The van der Waals surface area contributed by atoms with E-state index in [9.17, 15) is 14.7 Å². The lowest BCUT2D eigenvalue weighted by Gasteiger charge is -2.47. The summed E-state index contributed by atoms with van der Waals surface area (Å²) in [6, 6.07) is 10.7. The Bertz CT molecular complexity index is 1400. The highest BCUT2D eigenvalue weighted by Gasteiger charge is 2.45. The molecule has 0 unspecified atom stereocenters. The smallest absolute Gasteiger partial charge is 0.326 e. The summed E-state index contributed by atoms with van der Waals surface area (Å²) in [7, 11) is 0. The number of aliphatic carboxylic acids is 1. The SMILES string of the molecule is CC(C)(C)C1(Oc2ccc3cc(C(=O)N[C@@H](Cc4ccc(Br)s4)C(=O)O)nc(CC4CCCC4)c3c2)CCCCC1. The van der Waals surface area contributed by atoms with Gasteiger partial charge < -0.3 is 15.2 Å². The zero-order chi connectivity index (χ0) is 29.2. The van der Waals surface area contributed by atoms with Gasteiger partial charge in [0, 0.05) is 27.8 Å². The summed E-state index contributed by atoms with van der Waals surface area (Å²) in [4.78, 5) is 31.2.